The van der Waals surface area contributed by atoms with Crippen LogP contribution in [0.2, 0.25) is 0 Å². The predicted molar refractivity (Wildman–Crippen MR) is 62.1 cm³/mol. The number of ether oxygens (including phenoxy) is 2. The number of nitrogens with two attached hydrogens (primary N) is 1. The molecule has 2 unspecified atom stereocenters. The van der Waals surface area contributed by atoms with Crippen LogP contribution in [0.5, 0.6) is 5.75 Å². The molecule has 94 valence electrons. The normalized spacial score (nSPS) is 22.0. The van der Waals surface area contributed by atoms with Crippen LogP contribution in [0.3, 0.4) is 0 Å². The van der Waals surface area contributed by atoms with E-state index in [2.05, 4.69) is 0 Å². The molecule has 0 spiro atoms. The van der Waals surface area contributed by atoms with Crippen LogP contribution in [0.4, 0.5) is 5.69 Å². The summed E-state index contributed by atoms with van der Waals surface area (Å²) in [5, 5.41) is 0. The molecule has 17 heavy (non-hydrogen) atoms. The molecule has 1 aliphatic rings. The highest BCUT2D eigenvalue weighted by molar-refractivity contribution is 7.33. The Balaban J connectivity index is 1.82. The van der Waals surface area contributed by atoms with Crippen LogP contribution in [-0.2, 0) is 18.6 Å². The summed E-state index contributed by atoms with van der Waals surface area (Å²) in [5.41, 5.74) is 6.13. The van der Waals surface area contributed by atoms with Gasteiger partial charge in [-0.15, -0.1) is 0 Å². The second-order valence-corrected chi connectivity index (χ2v) is 4.35. The topological polar surface area (TPSA) is 80.0 Å². The molecule has 1 saturated heterocycles. The van der Waals surface area contributed by atoms with Gasteiger partial charge in [0, 0.05) is 5.69 Å². The number of hydrogen-bond donors (Lipinski definition) is 1. The van der Waals surface area contributed by atoms with E-state index >= 15 is 0 Å². The molecule has 0 aromatic heterocycles. The van der Waals surface area contributed by atoms with Crippen molar-refractivity contribution in [1.29, 1.82) is 0 Å². The lowest BCUT2D eigenvalue weighted by molar-refractivity contribution is -0.170. The van der Waals surface area contributed by atoms with Crippen LogP contribution < -0.4 is 10.3 Å². The lowest BCUT2D eigenvalue weighted by Crippen LogP contribution is -2.29. The van der Waals surface area contributed by atoms with E-state index in [-0.39, 0.29) is 6.61 Å². The van der Waals surface area contributed by atoms with Crippen molar-refractivity contribution in [3.8, 4) is 5.75 Å². The molecule has 2 atom stereocenters. The van der Waals surface area contributed by atoms with Gasteiger partial charge in [0.05, 0.1) is 19.8 Å². The van der Waals surface area contributed by atoms with Gasteiger partial charge in [-0.2, -0.15) is 0 Å². The second-order valence-electron chi connectivity index (χ2n) is 3.41. The Kier molecular flexibility index (Phi) is 4.39. The smallest absolute Gasteiger partial charge is 0.370 e. The van der Waals surface area contributed by atoms with Gasteiger partial charge in [0.15, 0.2) is 6.29 Å². The highest BCUT2D eigenvalue weighted by Crippen LogP contribution is 2.30. The zero-order valence-corrected chi connectivity index (χ0v) is 10.1. The average Bonchev–Trinajstić information content (AvgIpc) is 2.33. The van der Waals surface area contributed by atoms with Gasteiger partial charge in [-0.3, -0.25) is 4.52 Å². The Hall–Kier alpha value is -1.07. The molecule has 7 heteroatoms. The third kappa shape index (κ3) is 4.02. The maximum atomic E-state index is 11.5. The van der Waals surface area contributed by atoms with E-state index in [4.69, 9.17) is 24.3 Å². The lowest BCUT2D eigenvalue weighted by atomic mass is 10.3. The third-order valence-electron chi connectivity index (χ3n) is 2.09. The molecule has 1 aliphatic heterocycles. The highest BCUT2D eigenvalue weighted by Gasteiger charge is 2.18. The van der Waals surface area contributed by atoms with Crippen molar-refractivity contribution in [2.24, 2.45) is 0 Å². The maximum Gasteiger partial charge on any atom is 0.370 e. The molecule has 6 nitrogen and oxygen atoms in total. The molecule has 1 fully saturated rings. The van der Waals surface area contributed by atoms with Gasteiger partial charge in [-0.1, -0.05) is 0 Å². The number of rotatable bonds is 4. The minimum Gasteiger partial charge on any atom is -0.426 e. The van der Waals surface area contributed by atoms with Crippen molar-refractivity contribution in [1.82, 2.24) is 0 Å². The van der Waals surface area contributed by atoms with Crippen molar-refractivity contribution >= 4 is 13.9 Å². The molecule has 2 rings (SSSR count). The van der Waals surface area contributed by atoms with Crippen LogP contribution in [0.15, 0.2) is 24.3 Å². The summed E-state index contributed by atoms with van der Waals surface area (Å²) in [6, 6.07) is 6.56. The number of benzene rings is 1. The summed E-state index contributed by atoms with van der Waals surface area (Å²) in [6.45, 7) is 1.22. The molecule has 0 aliphatic carbocycles. The first kappa shape index (κ1) is 12.4. The van der Waals surface area contributed by atoms with E-state index in [1.54, 1.807) is 24.3 Å². The fourth-order valence-corrected chi connectivity index (χ4v) is 2.03. The summed E-state index contributed by atoms with van der Waals surface area (Å²) in [4.78, 5) is 0. The molecule has 1 aromatic carbocycles. The largest absolute Gasteiger partial charge is 0.426 e. The molecule has 0 bridgehead atoms. The van der Waals surface area contributed by atoms with E-state index in [0.717, 1.165) is 0 Å². The Morgan fingerprint density at radius 1 is 1.29 bits per heavy atom. The fraction of sp³-hybridized carbons (Fsp3) is 0.400. The molecule has 1 aromatic rings. The van der Waals surface area contributed by atoms with Crippen molar-refractivity contribution in [3.05, 3.63) is 24.3 Å². The molecular formula is C10H14NO5P. The second kappa shape index (κ2) is 6.02. The first-order chi connectivity index (χ1) is 8.24. The van der Waals surface area contributed by atoms with Crippen LogP contribution in [0, 0.1) is 0 Å². The zero-order valence-electron chi connectivity index (χ0n) is 9.13. The lowest BCUT2D eigenvalue weighted by Gasteiger charge is -2.22. The number of hydrogen-bond acceptors (Lipinski definition) is 6. The Labute approximate surface area is 99.6 Å². The Morgan fingerprint density at radius 2 is 2.06 bits per heavy atom. The average molecular weight is 259 g/mol. The van der Waals surface area contributed by atoms with Gasteiger partial charge in [0.25, 0.3) is 0 Å². The van der Waals surface area contributed by atoms with E-state index < -0.39 is 14.5 Å². The predicted octanol–water partition coefficient (Wildman–Crippen LogP) is 1.43. The van der Waals surface area contributed by atoms with Gasteiger partial charge >= 0.3 is 8.25 Å². The monoisotopic (exact) mass is 259 g/mol. The maximum absolute atomic E-state index is 11.5. The van der Waals surface area contributed by atoms with E-state index in [9.17, 15) is 4.57 Å². The fourth-order valence-electron chi connectivity index (χ4n) is 1.30. The molecule has 2 N–H and O–H groups in total. The van der Waals surface area contributed by atoms with Gasteiger partial charge in [-0.05, 0) is 24.3 Å². The summed E-state index contributed by atoms with van der Waals surface area (Å²) in [5.74, 6) is 0.444. The van der Waals surface area contributed by atoms with Crippen LogP contribution in [0.1, 0.15) is 0 Å². The van der Waals surface area contributed by atoms with Gasteiger partial charge in [-0.25, -0.2) is 4.57 Å². The van der Waals surface area contributed by atoms with Gasteiger partial charge in [0.1, 0.15) is 5.75 Å². The first-order valence-electron chi connectivity index (χ1n) is 5.17. The molecule has 0 saturated carbocycles. The summed E-state index contributed by atoms with van der Waals surface area (Å²) in [6.07, 6.45) is -0.621. The van der Waals surface area contributed by atoms with E-state index in [1.807, 2.05) is 0 Å². The van der Waals surface area contributed by atoms with E-state index in [0.29, 0.717) is 24.7 Å². The van der Waals surface area contributed by atoms with Crippen LogP contribution >= 0.6 is 8.25 Å². The first-order valence-corrected chi connectivity index (χ1v) is 6.40. The van der Waals surface area contributed by atoms with Gasteiger partial charge < -0.3 is 19.7 Å². The minimum absolute atomic E-state index is 0.265. The summed E-state index contributed by atoms with van der Waals surface area (Å²) < 4.78 is 32.0. The van der Waals surface area contributed by atoms with Crippen LogP contribution in [0.25, 0.3) is 0 Å². The van der Waals surface area contributed by atoms with Crippen molar-refractivity contribution < 1.29 is 23.1 Å². The Bertz CT molecular complexity index is 377. The van der Waals surface area contributed by atoms with Crippen molar-refractivity contribution in [3.63, 3.8) is 0 Å². The van der Waals surface area contributed by atoms with E-state index in [1.165, 1.54) is 0 Å². The quantitative estimate of drug-likeness (QED) is 0.650. The Morgan fingerprint density at radius 3 is 2.71 bits per heavy atom. The van der Waals surface area contributed by atoms with Crippen molar-refractivity contribution in [2.45, 2.75) is 6.29 Å². The number of nitrogen functional groups attached to an aromatic ring is 1. The summed E-state index contributed by atoms with van der Waals surface area (Å²) in [7, 11) is -2.65. The summed E-state index contributed by atoms with van der Waals surface area (Å²) >= 11 is 0. The molecule has 1 heterocycles. The number of anilines is 1. The van der Waals surface area contributed by atoms with Gasteiger partial charge in [0.2, 0.25) is 0 Å². The molecular weight excluding hydrogens is 245 g/mol. The third-order valence-corrected chi connectivity index (χ3v) is 2.95. The minimum atomic E-state index is -2.65. The van der Waals surface area contributed by atoms with Crippen LogP contribution in [-0.4, -0.2) is 26.1 Å². The highest BCUT2D eigenvalue weighted by atomic mass is 31.1. The van der Waals surface area contributed by atoms with Crippen molar-refractivity contribution in [2.75, 3.05) is 25.6 Å². The SMILES string of the molecule is Nc1ccc(O[PH](=O)OC2COCCO2)cc1. The standard InChI is InChI=1S/C10H14NO5P/c11-8-1-3-9(4-2-8)15-17(12)16-10-7-13-5-6-14-10/h1-4,10,17H,5-7,11H2. The molecule has 0 radical (unpaired) electrons. The molecule has 0 amide bonds. The zero-order chi connectivity index (χ0) is 12.1.